The van der Waals surface area contributed by atoms with Gasteiger partial charge in [-0.25, -0.2) is 18.1 Å². The van der Waals surface area contributed by atoms with Crippen molar-refractivity contribution in [3.63, 3.8) is 0 Å². The van der Waals surface area contributed by atoms with E-state index < -0.39 is 21.0 Å². The molecular formula is C17H16N4O4S2. The Labute approximate surface area is 160 Å². The van der Waals surface area contributed by atoms with Crippen LogP contribution in [0.25, 0.3) is 0 Å². The highest BCUT2D eigenvalue weighted by Crippen LogP contribution is 2.34. The van der Waals surface area contributed by atoms with Gasteiger partial charge in [0.05, 0.1) is 9.82 Å². The summed E-state index contributed by atoms with van der Waals surface area (Å²) < 4.78 is 26.1. The molecule has 2 N–H and O–H groups in total. The van der Waals surface area contributed by atoms with Crippen molar-refractivity contribution < 1.29 is 13.3 Å². The molecule has 0 spiro atoms. The second-order valence-electron chi connectivity index (χ2n) is 5.50. The summed E-state index contributed by atoms with van der Waals surface area (Å²) in [6, 6.07) is 12.8. The predicted molar refractivity (Wildman–Crippen MR) is 103 cm³/mol. The van der Waals surface area contributed by atoms with Gasteiger partial charge < -0.3 is 5.32 Å². The van der Waals surface area contributed by atoms with Gasteiger partial charge in [-0.05, 0) is 24.7 Å². The van der Waals surface area contributed by atoms with Crippen molar-refractivity contribution in [2.45, 2.75) is 10.9 Å². The molecule has 0 radical (unpaired) electrons. The number of hydrogen-bond acceptors (Lipinski definition) is 7. The quantitative estimate of drug-likeness (QED) is 0.462. The maximum absolute atomic E-state index is 12.0. The fraction of sp³-hybridized carbons (Fsp3) is 0.118. The highest BCUT2D eigenvalue weighted by atomic mass is 32.2. The Bertz CT molecular complexity index is 1040. The largest absolute Gasteiger partial charge is 0.366 e. The molecule has 1 atom stereocenters. The van der Waals surface area contributed by atoms with Crippen molar-refractivity contribution in [1.29, 1.82) is 0 Å². The van der Waals surface area contributed by atoms with Crippen molar-refractivity contribution >= 4 is 32.7 Å². The van der Waals surface area contributed by atoms with E-state index in [0.29, 0.717) is 0 Å². The van der Waals surface area contributed by atoms with Crippen LogP contribution in [0.3, 0.4) is 0 Å². The van der Waals surface area contributed by atoms with Gasteiger partial charge in [0.2, 0.25) is 10.0 Å². The number of thiazole rings is 1. The van der Waals surface area contributed by atoms with Crippen molar-refractivity contribution in [2.24, 2.45) is 0 Å². The van der Waals surface area contributed by atoms with Crippen LogP contribution in [0, 0.1) is 10.1 Å². The van der Waals surface area contributed by atoms with E-state index in [4.69, 9.17) is 0 Å². The lowest BCUT2D eigenvalue weighted by Crippen LogP contribution is -2.19. The first-order valence-corrected chi connectivity index (χ1v) is 10.2. The number of anilines is 1. The summed E-state index contributed by atoms with van der Waals surface area (Å²) in [6.45, 7) is 0. The molecular weight excluding hydrogens is 388 g/mol. The minimum absolute atomic E-state index is 0.173. The summed E-state index contributed by atoms with van der Waals surface area (Å²) in [6.07, 6.45) is 1.66. The van der Waals surface area contributed by atoms with Gasteiger partial charge in [-0.1, -0.05) is 30.3 Å². The van der Waals surface area contributed by atoms with E-state index in [0.717, 1.165) is 16.6 Å². The monoisotopic (exact) mass is 404 g/mol. The van der Waals surface area contributed by atoms with Crippen LogP contribution in [-0.4, -0.2) is 25.4 Å². The first kappa shape index (κ1) is 19.0. The van der Waals surface area contributed by atoms with E-state index in [1.807, 2.05) is 35.7 Å². The number of sulfonamides is 1. The van der Waals surface area contributed by atoms with Gasteiger partial charge in [0, 0.05) is 17.6 Å². The predicted octanol–water partition coefficient (Wildman–Crippen LogP) is 3.16. The van der Waals surface area contributed by atoms with E-state index in [9.17, 15) is 18.5 Å². The Morgan fingerprint density at radius 2 is 1.93 bits per heavy atom. The molecule has 1 heterocycles. The molecule has 1 unspecified atom stereocenters. The molecule has 0 amide bonds. The Hall–Kier alpha value is -2.82. The number of aromatic nitrogens is 1. The molecule has 3 rings (SSSR count). The van der Waals surface area contributed by atoms with E-state index in [-0.39, 0.29) is 16.3 Å². The standard InChI is InChI=1S/C17H16N4O4S2/c1-18-27(24,25)13-7-8-14(15(11-13)21(22)23)20-16(17-19-9-10-26-17)12-5-3-2-4-6-12/h2-11,16,18,20H,1H3. The molecule has 0 aliphatic carbocycles. The van der Waals surface area contributed by atoms with E-state index in [2.05, 4.69) is 15.0 Å². The minimum Gasteiger partial charge on any atom is -0.366 e. The summed E-state index contributed by atoms with van der Waals surface area (Å²) in [5, 5.41) is 17.2. The normalized spacial score (nSPS) is 12.5. The molecule has 2 aromatic carbocycles. The minimum atomic E-state index is -3.79. The van der Waals surface area contributed by atoms with Gasteiger partial charge in [-0.2, -0.15) is 0 Å². The lowest BCUT2D eigenvalue weighted by molar-refractivity contribution is -0.384. The third-order valence-corrected chi connectivity index (χ3v) is 6.13. The van der Waals surface area contributed by atoms with Gasteiger partial charge in [-0.3, -0.25) is 10.1 Å². The summed E-state index contributed by atoms with van der Waals surface area (Å²) >= 11 is 1.42. The van der Waals surface area contributed by atoms with Crippen molar-refractivity contribution in [3.05, 3.63) is 80.8 Å². The maximum Gasteiger partial charge on any atom is 0.293 e. The van der Waals surface area contributed by atoms with Gasteiger partial charge in [0.15, 0.2) is 0 Å². The summed E-state index contributed by atoms with van der Waals surface area (Å²) in [5.74, 6) is 0. The smallest absolute Gasteiger partial charge is 0.293 e. The number of rotatable bonds is 7. The molecule has 3 aromatic rings. The molecule has 0 aliphatic rings. The zero-order valence-electron chi connectivity index (χ0n) is 14.2. The topological polar surface area (TPSA) is 114 Å². The average Bonchev–Trinajstić information content (AvgIpc) is 3.21. The zero-order valence-corrected chi connectivity index (χ0v) is 15.8. The lowest BCUT2D eigenvalue weighted by atomic mass is 10.1. The zero-order chi connectivity index (χ0) is 19.4. The number of nitrogens with zero attached hydrogens (tertiary/aromatic N) is 2. The van der Waals surface area contributed by atoms with Crippen molar-refractivity contribution in [2.75, 3.05) is 12.4 Å². The lowest BCUT2D eigenvalue weighted by Gasteiger charge is -2.18. The SMILES string of the molecule is CNS(=O)(=O)c1ccc(NC(c2ccccc2)c2nccs2)c([N+](=O)[O-])c1. The van der Waals surface area contributed by atoms with Crippen LogP contribution in [-0.2, 0) is 10.0 Å². The Morgan fingerprint density at radius 1 is 1.19 bits per heavy atom. The second kappa shape index (κ2) is 7.82. The van der Waals surface area contributed by atoms with Crippen LogP contribution in [0.4, 0.5) is 11.4 Å². The van der Waals surface area contributed by atoms with Crippen LogP contribution >= 0.6 is 11.3 Å². The number of nitro groups is 1. The third kappa shape index (κ3) is 4.13. The Morgan fingerprint density at radius 3 is 2.52 bits per heavy atom. The van der Waals surface area contributed by atoms with E-state index in [1.54, 1.807) is 6.20 Å². The highest BCUT2D eigenvalue weighted by Gasteiger charge is 2.24. The van der Waals surface area contributed by atoms with Gasteiger partial charge in [-0.15, -0.1) is 11.3 Å². The Kier molecular flexibility index (Phi) is 5.49. The molecule has 1 aromatic heterocycles. The Balaban J connectivity index is 2.05. The van der Waals surface area contributed by atoms with E-state index >= 15 is 0 Å². The first-order chi connectivity index (χ1) is 12.9. The second-order valence-corrected chi connectivity index (χ2v) is 8.31. The fourth-order valence-corrected chi connectivity index (χ4v) is 4.00. The first-order valence-electron chi connectivity index (χ1n) is 7.85. The molecule has 0 aliphatic heterocycles. The molecule has 10 heteroatoms. The van der Waals surface area contributed by atoms with Crippen LogP contribution < -0.4 is 10.0 Å². The molecule has 0 fully saturated rings. The van der Waals surface area contributed by atoms with Crippen LogP contribution in [0.2, 0.25) is 0 Å². The van der Waals surface area contributed by atoms with Crippen LogP contribution in [0.15, 0.2) is 65.0 Å². The van der Waals surface area contributed by atoms with Crippen LogP contribution in [0.5, 0.6) is 0 Å². The number of benzene rings is 2. The fourth-order valence-electron chi connectivity index (χ4n) is 2.54. The average molecular weight is 404 g/mol. The number of nitrogens with one attached hydrogen (secondary N) is 2. The molecule has 8 nitrogen and oxygen atoms in total. The van der Waals surface area contributed by atoms with Gasteiger partial charge in [0.1, 0.15) is 16.7 Å². The van der Waals surface area contributed by atoms with E-state index in [1.165, 1.54) is 30.5 Å². The summed E-state index contributed by atoms with van der Waals surface area (Å²) in [4.78, 5) is 15.1. The molecule has 0 bridgehead atoms. The third-order valence-electron chi connectivity index (χ3n) is 3.88. The van der Waals surface area contributed by atoms with Crippen molar-refractivity contribution in [3.8, 4) is 0 Å². The summed E-state index contributed by atoms with van der Waals surface area (Å²) in [5.41, 5.74) is 0.761. The van der Waals surface area contributed by atoms with Crippen LogP contribution in [0.1, 0.15) is 16.6 Å². The highest BCUT2D eigenvalue weighted by molar-refractivity contribution is 7.89. The molecule has 140 valence electrons. The van der Waals surface area contributed by atoms with Crippen molar-refractivity contribution in [1.82, 2.24) is 9.71 Å². The maximum atomic E-state index is 12.0. The summed E-state index contributed by atoms with van der Waals surface area (Å²) in [7, 11) is -2.54. The number of nitro benzene ring substituents is 1. The van der Waals surface area contributed by atoms with Gasteiger partial charge in [0.25, 0.3) is 5.69 Å². The molecule has 0 saturated carbocycles. The molecule has 0 saturated heterocycles. The number of hydrogen-bond donors (Lipinski definition) is 2. The molecule has 27 heavy (non-hydrogen) atoms. The van der Waals surface area contributed by atoms with Gasteiger partial charge >= 0.3 is 0 Å².